The molecule has 2 atom stereocenters. The van der Waals surface area contributed by atoms with E-state index in [9.17, 15) is 9.18 Å². The van der Waals surface area contributed by atoms with Crippen LogP contribution in [0.5, 0.6) is 0 Å². The molecule has 0 radical (unpaired) electrons. The highest BCUT2D eigenvalue weighted by atomic mass is 35.5. The van der Waals surface area contributed by atoms with E-state index in [2.05, 4.69) is 32.8 Å². The average Bonchev–Trinajstić information content (AvgIpc) is 3.26. The minimum atomic E-state index is -0.380. The molecule has 0 bridgehead atoms. The molecular weight excluding hydrogens is 453 g/mol. The molecule has 6 nitrogen and oxygen atoms in total. The summed E-state index contributed by atoms with van der Waals surface area (Å²) in [4.78, 5) is 17.0. The summed E-state index contributed by atoms with van der Waals surface area (Å²) in [6, 6.07) is 23.6. The minimum Gasteiger partial charge on any atom is -0.347 e. The average molecular weight is 474 g/mol. The molecule has 2 heterocycles. The highest BCUT2D eigenvalue weighted by Crippen LogP contribution is 2.38. The number of hydrogen-bond acceptors (Lipinski definition) is 4. The third-order valence-electron chi connectivity index (χ3n) is 5.68. The first kappa shape index (κ1) is 21.9. The smallest absolute Gasteiger partial charge is 0.250 e. The lowest BCUT2D eigenvalue weighted by Gasteiger charge is -2.31. The van der Waals surface area contributed by atoms with E-state index in [4.69, 9.17) is 11.6 Å². The molecule has 1 amide bonds. The topological polar surface area (TPSA) is 71.8 Å². The highest BCUT2D eigenvalue weighted by molar-refractivity contribution is 6.30. The van der Waals surface area contributed by atoms with Crippen molar-refractivity contribution in [1.82, 2.24) is 14.8 Å². The van der Waals surface area contributed by atoms with E-state index in [1.807, 2.05) is 42.5 Å². The number of carbonyl (C=O) groups excluding carboxylic acids is 1. The number of aromatic nitrogens is 3. The summed E-state index contributed by atoms with van der Waals surface area (Å²) in [6.45, 7) is 0. The maximum absolute atomic E-state index is 13.1. The Labute approximate surface area is 201 Å². The van der Waals surface area contributed by atoms with Gasteiger partial charge >= 0.3 is 0 Å². The summed E-state index contributed by atoms with van der Waals surface area (Å²) in [5, 5.41) is 11.4. The van der Waals surface area contributed by atoms with Crippen LogP contribution in [0.1, 0.15) is 35.2 Å². The van der Waals surface area contributed by atoms with Crippen molar-refractivity contribution in [1.29, 1.82) is 0 Å². The lowest BCUT2D eigenvalue weighted by atomic mass is 9.93. The highest BCUT2D eigenvalue weighted by Gasteiger charge is 2.31. The van der Waals surface area contributed by atoms with Crippen LogP contribution < -0.4 is 10.6 Å². The fourth-order valence-corrected chi connectivity index (χ4v) is 4.12. The summed E-state index contributed by atoms with van der Waals surface area (Å²) in [5.74, 6) is 0.0580. The van der Waals surface area contributed by atoms with Crippen LogP contribution in [-0.2, 0) is 4.79 Å². The fraction of sp³-hybridized carbons (Fsp3) is 0.115. The second kappa shape index (κ2) is 9.49. The zero-order chi connectivity index (χ0) is 23.5. The Kier molecular flexibility index (Phi) is 6.10. The Morgan fingerprint density at radius 2 is 1.76 bits per heavy atom. The summed E-state index contributed by atoms with van der Waals surface area (Å²) >= 11 is 6.10. The monoisotopic (exact) mass is 473 g/mol. The Morgan fingerprint density at radius 1 is 1.03 bits per heavy atom. The van der Waals surface area contributed by atoms with Gasteiger partial charge in [-0.3, -0.25) is 10.1 Å². The molecule has 0 saturated carbocycles. The van der Waals surface area contributed by atoms with Gasteiger partial charge in [0.2, 0.25) is 5.95 Å². The van der Waals surface area contributed by atoms with Crippen molar-refractivity contribution < 1.29 is 9.18 Å². The molecule has 0 saturated heterocycles. The van der Waals surface area contributed by atoms with Gasteiger partial charge in [0.25, 0.3) is 11.9 Å². The third-order valence-corrected chi connectivity index (χ3v) is 5.93. The van der Waals surface area contributed by atoms with Crippen molar-refractivity contribution in [3.8, 4) is 0 Å². The van der Waals surface area contributed by atoms with E-state index in [-0.39, 0.29) is 29.8 Å². The van der Waals surface area contributed by atoms with Gasteiger partial charge in [-0.2, -0.15) is 4.98 Å². The summed E-state index contributed by atoms with van der Waals surface area (Å²) < 4.78 is 14.9. The molecule has 5 rings (SSSR count). The number of hydrogen-bond donors (Lipinski definition) is 2. The number of fused-ring (bicyclic) bond motifs is 1. The van der Waals surface area contributed by atoms with Gasteiger partial charge in [0.05, 0.1) is 12.1 Å². The number of carbonyl (C=O) groups is 1. The van der Waals surface area contributed by atoms with Crippen LogP contribution in [0, 0.1) is 5.82 Å². The van der Waals surface area contributed by atoms with Gasteiger partial charge in [-0.25, -0.2) is 9.07 Å². The van der Waals surface area contributed by atoms with Gasteiger partial charge in [-0.1, -0.05) is 66.2 Å². The Hall–Kier alpha value is -3.97. The zero-order valence-electron chi connectivity index (χ0n) is 18.0. The molecule has 8 heteroatoms. The summed E-state index contributed by atoms with van der Waals surface area (Å²) in [7, 11) is 0. The molecule has 4 aromatic rings. The normalized spacial score (nSPS) is 17.2. The van der Waals surface area contributed by atoms with E-state index in [1.54, 1.807) is 22.9 Å². The van der Waals surface area contributed by atoms with Crippen molar-refractivity contribution in [2.24, 2.45) is 0 Å². The SMILES string of the molecule is O=C(/C=C/c1ccc(F)cc1)Nc1nc2n(n1)C(c1ccc(Cl)cc1)CC(c1ccccc1)N2. The Bertz CT molecular complexity index is 1320. The van der Waals surface area contributed by atoms with E-state index >= 15 is 0 Å². The first-order chi connectivity index (χ1) is 16.5. The van der Waals surface area contributed by atoms with Crippen LogP contribution in [0.2, 0.25) is 5.02 Å². The Balaban J connectivity index is 1.40. The van der Waals surface area contributed by atoms with Gasteiger partial charge in [-0.15, -0.1) is 5.10 Å². The quantitative estimate of drug-likeness (QED) is 0.356. The lowest BCUT2D eigenvalue weighted by Crippen LogP contribution is -2.28. The zero-order valence-corrected chi connectivity index (χ0v) is 18.8. The molecule has 1 aromatic heterocycles. The Morgan fingerprint density at radius 3 is 2.50 bits per heavy atom. The molecule has 3 aromatic carbocycles. The van der Waals surface area contributed by atoms with Crippen LogP contribution in [-0.4, -0.2) is 20.7 Å². The molecule has 2 N–H and O–H groups in total. The van der Waals surface area contributed by atoms with E-state index in [0.717, 1.165) is 17.5 Å². The van der Waals surface area contributed by atoms with Crippen molar-refractivity contribution in [3.05, 3.63) is 112 Å². The predicted octanol–water partition coefficient (Wildman–Crippen LogP) is 5.87. The number of halogens is 2. The van der Waals surface area contributed by atoms with Crippen LogP contribution in [0.3, 0.4) is 0 Å². The molecule has 1 aliphatic rings. The minimum absolute atomic E-state index is 0.0282. The number of anilines is 2. The van der Waals surface area contributed by atoms with Crippen LogP contribution in [0.25, 0.3) is 6.08 Å². The van der Waals surface area contributed by atoms with Gasteiger partial charge < -0.3 is 5.32 Å². The first-order valence-corrected chi connectivity index (χ1v) is 11.2. The van der Waals surface area contributed by atoms with Crippen molar-refractivity contribution in [2.75, 3.05) is 10.6 Å². The second-order valence-electron chi connectivity index (χ2n) is 7.99. The maximum Gasteiger partial charge on any atom is 0.250 e. The van der Waals surface area contributed by atoms with Gasteiger partial charge in [0.1, 0.15) is 5.82 Å². The number of nitrogens with zero attached hydrogens (tertiary/aromatic N) is 3. The summed E-state index contributed by atoms with van der Waals surface area (Å²) in [5.41, 5.74) is 2.90. The van der Waals surface area contributed by atoms with Gasteiger partial charge in [0.15, 0.2) is 0 Å². The molecule has 0 fully saturated rings. The van der Waals surface area contributed by atoms with E-state index in [0.29, 0.717) is 16.5 Å². The largest absolute Gasteiger partial charge is 0.347 e. The number of amides is 1. The van der Waals surface area contributed by atoms with Crippen molar-refractivity contribution in [3.63, 3.8) is 0 Å². The van der Waals surface area contributed by atoms with E-state index < -0.39 is 0 Å². The van der Waals surface area contributed by atoms with Crippen molar-refractivity contribution >= 4 is 35.5 Å². The molecule has 170 valence electrons. The van der Waals surface area contributed by atoms with Crippen LogP contribution >= 0.6 is 11.6 Å². The van der Waals surface area contributed by atoms with Crippen LogP contribution in [0.15, 0.2) is 84.9 Å². The van der Waals surface area contributed by atoms with E-state index in [1.165, 1.54) is 18.2 Å². The lowest BCUT2D eigenvalue weighted by molar-refractivity contribution is -0.111. The first-order valence-electron chi connectivity index (χ1n) is 10.8. The molecule has 0 spiro atoms. The number of nitrogens with one attached hydrogen (secondary N) is 2. The standard InChI is InChI=1S/C26H21ClFN5O/c27-20-11-9-19(10-12-20)23-16-22(18-4-2-1-3-5-18)29-26-31-25(32-33(23)26)30-24(34)15-8-17-6-13-21(28)14-7-17/h1-15,22-23H,16H2,(H2,29,30,31,32,34)/b15-8+. The van der Waals surface area contributed by atoms with Gasteiger partial charge in [0, 0.05) is 11.1 Å². The summed E-state index contributed by atoms with van der Waals surface area (Å²) in [6.07, 6.45) is 3.72. The molecule has 1 aliphatic heterocycles. The van der Waals surface area contributed by atoms with Crippen molar-refractivity contribution in [2.45, 2.75) is 18.5 Å². The third kappa shape index (κ3) is 4.84. The van der Waals surface area contributed by atoms with Gasteiger partial charge in [-0.05, 0) is 53.5 Å². The molecule has 0 aliphatic carbocycles. The molecule has 2 unspecified atom stereocenters. The number of rotatable bonds is 5. The molecule has 34 heavy (non-hydrogen) atoms. The maximum atomic E-state index is 13.1. The predicted molar refractivity (Wildman–Crippen MR) is 131 cm³/mol. The fourth-order valence-electron chi connectivity index (χ4n) is 3.99. The van der Waals surface area contributed by atoms with Crippen LogP contribution in [0.4, 0.5) is 16.3 Å². The molecular formula is C26H21ClFN5O. The number of benzene rings is 3. The second-order valence-corrected chi connectivity index (χ2v) is 8.42.